The van der Waals surface area contributed by atoms with Gasteiger partial charge in [0.15, 0.2) is 5.65 Å². The fourth-order valence-electron chi connectivity index (χ4n) is 4.65. The van der Waals surface area contributed by atoms with E-state index in [1.54, 1.807) is 4.90 Å². The standard InChI is InChI=1S/C28H29F2N7O4S/c1-3-28(29,30)20-6-4-19(5-7-20)14-33-27(38)24-17-36(25-16-32-23-15-31-18-34-26(23)35-25)12-13-37(24)42(39,40)22-10-8-21(41-2)9-11-22/h4-11,15-16,18,24H,3,12-14,17H2,1-2H3,(H,33,38)/t24-/m1/s1. The molecule has 2 aromatic heterocycles. The Hall–Kier alpha value is -4.30. The SMILES string of the molecule is CCC(F)(F)c1ccc(CNC(=O)[C@H]2CN(c3cnc4cncnc4n3)CCN2S(=O)(=O)c2ccc(OC)cc2)cc1. The van der Waals surface area contributed by atoms with Gasteiger partial charge in [-0.3, -0.25) is 4.79 Å². The first-order valence-electron chi connectivity index (χ1n) is 13.2. The molecule has 1 N–H and O–H groups in total. The third-order valence-electron chi connectivity index (χ3n) is 7.12. The minimum atomic E-state index is -4.08. The molecule has 0 radical (unpaired) electrons. The van der Waals surface area contributed by atoms with Crippen molar-refractivity contribution in [2.45, 2.75) is 36.7 Å². The number of carbonyl (C=O) groups is 1. The van der Waals surface area contributed by atoms with Gasteiger partial charge >= 0.3 is 0 Å². The number of alkyl halides is 2. The highest BCUT2D eigenvalue weighted by Crippen LogP contribution is 2.31. The summed E-state index contributed by atoms with van der Waals surface area (Å²) in [6, 6.07) is 10.5. The van der Waals surface area contributed by atoms with Crippen LogP contribution in [0.1, 0.15) is 24.5 Å². The van der Waals surface area contributed by atoms with Crippen molar-refractivity contribution >= 4 is 32.9 Å². The van der Waals surface area contributed by atoms with Crippen LogP contribution in [-0.4, -0.2) is 71.4 Å². The Morgan fingerprint density at radius 2 is 1.81 bits per heavy atom. The van der Waals surface area contributed by atoms with Crippen LogP contribution in [0.15, 0.2) is 72.1 Å². The van der Waals surface area contributed by atoms with Gasteiger partial charge in [-0.15, -0.1) is 0 Å². The Morgan fingerprint density at radius 3 is 2.50 bits per heavy atom. The number of piperazine rings is 1. The minimum absolute atomic E-state index is 0.00324. The van der Waals surface area contributed by atoms with Crippen LogP contribution in [0.5, 0.6) is 5.75 Å². The zero-order valence-corrected chi connectivity index (χ0v) is 23.8. The Kier molecular flexibility index (Phi) is 8.27. The van der Waals surface area contributed by atoms with Crippen LogP contribution in [0.25, 0.3) is 11.2 Å². The Morgan fingerprint density at radius 1 is 1.07 bits per heavy atom. The summed E-state index contributed by atoms with van der Waals surface area (Å²) < 4.78 is 61.8. The molecule has 42 heavy (non-hydrogen) atoms. The first-order chi connectivity index (χ1) is 20.1. The van der Waals surface area contributed by atoms with E-state index in [-0.39, 0.29) is 43.1 Å². The van der Waals surface area contributed by atoms with Crippen molar-refractivity contribution in [2.75, 3.05) is 31.6 Å². The summed E-state index contributed by atoms with van der Waals surface area (Å²) in [5.41, 5.74) is 1.35. The minimum Gasteiger partial charge on any atom is -0.497 e. The topological polar surface area (TPSA) is 131 Å². The average Bonchev–Trinajstić information content (AvgIpc) is 3.03. The number of nitrogens with one attached hydrogen (secondary N) is 1. The number of methoxy groups -OCH3 is 1. The lowest BCUT2D eigenvalue weighted by Gasteiger charge is -2.40. The van der Waals surface area contributed by atoms with Crippen molar-refractivity contribution in [2.24, 2.45) is 0 Å². The number of amides is 1. The Bertz CT molecular complexity index is 1670. The van der Waals surface area contributed by atoms with Crippen molar-refractivity contribution in [3.8, 4) is 5.75 Å². The van der Waals surface area contributed by atoms with Crippen molar-refractivity contribution < 1.29 is 26.7 Å². The third-order valence-corrected chi connectivity index (χ3v) is 9.05. The van der Waals surface area contributed by atoms with Crippen LogP contribution < -0.4 is 15.0 Å². The monoisotopic (exact) mass is 597 g/mol. The molecule has 14 heteroatoms. The zero-order valence-electron chi connectivity index (χ0n) is 22.9. The molecule has 1 atom stereocenters. The number of hydrogen-bond acceptors (Lipinski definition) is 9. The van der Waals surface area contributed by atoms with Gasteiger partial charge in [-0.1, -0.05) is 31.2 Å². The molecule has 0 saturated carbocycles. The van der Waals surface area contributed by atoms with Gasteiger partial charge in [-0.05, 0) is 29.8 Å². The van der Waals surface area contributed by atoms with Gasteiger partial charge in [0, 0.05) is 38.2 Å². The number of hydrogen-bond donors (Lipinski definition) is 1. The maximum atomic E-state index is 14.0. The lowest BCUT2D eigenvalue weighted by atomic mass is 10.0. The van der Waals surface area contributed by atoms with Crippen LogP contribution in [0.2, 0.25) is 0 Å². The lowest BCUT2D eigenvalue weighted by molar-refractivity contribution is -0.125. The molecule has 1 aliphatic rings. The predicted molar refractivity (Wildman–Crippen MR) is 150 cm³/mol. The van der Waals surface area contributed by atoms with Crippen LogP contribution in [0.4, 0.5) is 14.6 Å². The zero-order chi connectivity index (χ0) is 29.9. The van der Waals surface area contributed by atoms with Gasteiger partial charge in [-0.2, -0.15) is 4.31 Å². The molecule has 2 aromatic carbocycles. The molecule has 0 bridgehead atoms. The Balaban J connectivity index is 1.40. The van der Waals surface area contributed by atoms with Crippen LogP contribution >= 0.6 is 0 Å². The molecule has 0 aliphatic carbocycles. The number of ether oxygens (including phenoxy) is 1. The Labute approximate surface area is 241 Å². The van der Waals surface area contributed by atoms with Crippen molar-refractivity contribution in [3.63, 3.8) is 0 Å². The molecule has 11 nitrogen and oxygen atoms in total. The number of anilines is 1. The number of rotatable bonds is 9. The number of nitrogens with zero attached hydrogens (tertiary/aromatic N) is 6. The first-order valence-corrected chi connectivity index (χ1v) is 14.6. The number of aromatic nitrogens is 4. The van der Waals surface area contributed by atoms with Gasteiger partial charge in [0.05, 0.1) is 24.4 Å². The summed E-state index contributed by atoms with van der Waals surface area (Å²) in [4.78, 5) is 32.3. The molecule has 0 unspecified atom stereocenters. The van der Waals surface area contributed by atoms with E-state index in [0.717, 1.165) is 0 Å². The summed E-state index contributed by atoms with van der Waals surface area (Å²) in [6.07, 6.45) is 4.09. The van der Waals surface area contributed by atoms with Crippen molar-refractivity contribution in [3.05, 3.63) is 78.4 Å². The van der Waals surface area contributed by atoms with E-state index < -0.39 is 27.9 Å². The highest BCUT2D eigenvalue weighted by Gasteiger charge is 2.40. The van der Waals surface area contributed by atoms with Gasteiger partial charge in [0.2, 0.25) is 15.9 Å². The molecule has 3 heterocycles. The molecule has 220 valence electrons. The molecule has 1 fully saturated rings. The molecular weight excluding hydrogens is 568 g/mol. The second kappa shape index (κ2) is 11.9. The average molecular weight is 598 g/mol. The summed E-state index contributed by atoms with van der Waals surface area (Å²) in [5.74, 6) is -2.56. The van der Waals surface area contributed by atoms with Crippen LogP contribution in [0.3, 0.4) is 0 Å². The summed E-state index contributed by atoms with van der Waals surface area (Å²) in [6.45, 7) is 1.67. The molecule has 1 saturated heterocycles. The van der Waals surface area contributed by atoms with E-state index in [9.17, 15) is 22.0 Å². The first kappa shape index (κ1) is 29.2. The summed E-state index contributed by atoms with van der Waals surface area (Å²) in [7, 11) is -2.60. The number of carbonyl (C=O) groups excluding carboxylic acids is 1. The number of halogens is 2. The fraction of sp³-hybridized carbons (Fsp3) is 0.321. The van der Waals surface area contributed by atoms with Gasteiger partial charge in [-0.25, -0.2) is 37.1 Å². The normalized spacial score (nSPS) is 16.4. The van der Waals surface area contributed by atoms with Crippen molar-refractivity contribution in [1.82, 2.24) is 29.6 Å². The van der Waals surface area contributed by atoms with E-state index in [0.29, 0.717) is 28.3 Å². The largest absolute Gasteiger partial charge is 0.497 e. The summed E-state index contributed by atoms with van der Waals surface area (Å²) >= 11 is 0. The molecule has 1 amide bonds. The number of fused-ring (bicyclic) bond motifs is 1. The van der Waals surface area contributed by atoms with E-state index >= 15 is 0 Å². The molecular formula is C28H29F2N7O4S. The number of sulfonamides is 1. The summed E-state index contributed by atoms with van der Waals surface area (Å²) in [5, 5.41) is 2.78. The molecule has 0 spiro atoms. The lowest BCUT2D eigenvalue weighted by Crippen LogP contribution is -2.60. The maximum Gasteiger partial charge on any atom is 0.273 e. The molecule has 1 aliphatic heterocycles. The van der Waals surface area contributed by atoms with Gasteiger partial charge < -0.3 is 15.0 Å². The van der Waals surface area contributed by atoms with Gasteiger partial charge in [0.1, 0.15) is 29.5 Å². The molecule has 4 aromatic rings. The van der Waals surface area contributed by atoms with Gasteiger partial charge in [0.25, 0.3) is 5.92 Å². The fourth-order valence-corrected chi connectivity index (χ4v) is 6.22. The van der Waals surface area contributed by atoms with E-state index in [4.69, 9.17) is 4.74 Å². The van der Waals surface area contributed by atoms with E-state index in [2.05, 4.69) is 25.3 Å². The van der Waals surface area contributed by atoms with Crippen LogP contribution in [-0.2, 0) is 27.3 Å². The van der Waals surface area contributed by atoms with E-state index in [1.165, 1.54) is 85.6 Å². The van der Waals surface area contributed by atoms with E-state index in [1.807, 2.05) is 0 Å². The highest BCUT2D eigenvalue weighted by atomic mass is 32.2. The third kappa shape index (κ3) is 5.99. The second-order valence-electron chi connectivity index (χ2n) is 9.69. The number of benzene rings is 2. The van der Waals surface area contributed by atoms with Crippen molar-refractivity contribution in [1.29, 1.82) is 0 Å². The second-order valence-corrected chi connectivity index (χ2v) is 11.6. The smallest absolute Gasteiger partial charge is 0.273 e. The quantitative estimate of drug-likeness (QED) is 0.309. The molecule has 5 rings (SSSR count). The maximum absolute atomic E-state index is 14.0. The van der Waals surface area contributed by atoms with Crippen LogP contribution in [0, 0.1) is 0 Å². The highest BCUT2D eigenvalue weighted by molar-refractivity contribution is 7.89. The predicted octanol–water partition coefficient (Wildman–Crippen LogP) is 3.13.